The molecule has 0 unspecified atom stereocenters. The van der Waals surface area contributed by atoms with E-state index in [0.29, 0.717) is 6.04 Å². The Labute approximate surface area is 107 Å². The summed E-state index contributed by atoms with van der Waals surface area (Å²) in [6.45, 7) is 3.02. The molecule has 5 heteroatoms. The number of rotatable bonds is 6. The third-order valence-corrected chi connectivity index (χ3v) is 3.45. The van der Waals surface area contributed by atoms with Gasteiger partial charge in [-0.2, -0.15) is 5.10 Å². The number of anilines is 1. The molecular weight excluding hydrogens is 226 g/mol. The summed E-state index contributed by atoms with van der Waals surface area (Å²) >= 11 is 0. The Morgan fingerprint density at radius 2 is 2.39 bits per heavy atom. The first-order chi connectivity index (χ1) is 8.84. The van der Waals surface area contributed by atoms with Crippen molar-refractivity contribution in [2.45, 2.75) is 38.6 Å². The topological polar surface area (TPSA) is 58.5 Å². The fourth-order valence-corrected chi connectivity index (χ4v) is 2.20. The number of nitrogens with zero attached hydrogens (tertiary/aromatic N) is 3. The SMILES string of the molecule is Cc1[nH]ncc1CCCNc1nccn1C1CC1. The molecule has 5 nitrogen and oxygen atoms in total. The van der Waals surface area contributed by atoms with Gasteiger partial charge in [0, 0.05) is 30.7 Å². The van der Waals surface area contributed by atoms with Gasteiger partial charge in [0.05, 0.1) is 6.20 Å². The number of imidazole rings is 1. The van der Waals surface area contributed by atoms with Crippen LogP contribution in [0.2, 0.25) is 0 Å². The Bertz CT molecular complexity index is 509. The van der Waals surface area contributed by atoms with Crippen LogP contribution in [0, 0.1) is 6.92 Å². The zero-order valence-corrected chi connectivity index (χ0v) is 10.7. The maximum Gasteiger partial charge on any atom is 0.203 e. The molecule has 2 aromatic heterocycles. The highest BCUT2D eigenvalue weighted by atomic mass is 15.2. The lowest BCUT2D eigenvalue weighted by atomic mass is 10.1. The largest absolute Gasteiger partial charge is 0.356 e. The van der Waals surface area contributed by atoms with Gasteiger partial charge in [0.2, 0.25) is 5.95 Å². The minimum atomic E-state index is 0.686. The summed E-state index contributed by atoms with van der Waals surface area (Å²) in [6.07, 6.45) is 10.6. The second-order valence-corrected chi connectivity index (χ2v) is 4.94. The molecule has 0 atom stereocenters. The van der Waals surface area contributed by atoms with Crippen LogP contribution in [0.1, 0.15) is 36.6 Å². The molecule has 2 aromatic rings. The van der Waals surface area contributed by atoms with Crippen molar-refractivity contribution in [3.63, 3.8) is 0 Å². The molecule has 0 saturated heterocycles. The highest BCUT2D eigenvalue weighted by molar-refractivity contribution is 5.27. The van der Waals surface area contributed by atoms with E-state index in [-0.39, 0.29) is 0 Å². The van der Waals surface area contributed by atoms with E-state index in [0.717, 1.165) is 25.3 Å². The average Bonchev–Trinajstić information content (AvgIpc) is 2.97. The molecule has 0 aliphatic heterocycles. The number of aromatic nitrogens is 4. The molecule has 0 aromatic carbocycles. The summed E-state index contributed by atoms with van der Waals surface area (Å²) in [7, 11) is 0. The van der Waals surface area contributed by atoms with Gasteiger partial charge in [-0.25, -0.2) is 4.98 Å². The van der Waals surface area contributed by atoms with Crippen LogP contribution in [0.4, 0.5) is 5.95 Å². The van der Waals surface area contributed by atoms with E-state index in [4.69, 9.17) is 0 Å². The molecule has 3 rings (SSSR count). The molecule has 2 N–H and O–H groups in total. The van der Waals surface area contributed by atoms with Crippen LogP contribution in [-0.4, -0.2) is 26.3 Å². The number of aromatic amines is 1. The monoisotopic (exact) mass is 245 g/mol. The lowest BCUT2D eigenvalue weighted by Crippen LogP contribution is -2.08. The Morgan fingerprint density at radius 3 is 3.11 bits per heavy atom. The average molecular weight is 245 g/mol. The maximum atomic E-state index is 4.36. The molecule has 0 amide bonds. The van der Waals surface area contributed by atoms with Gasteiger partial charge in [-0.15, -0.1) is 0 Å². The van der Waals surface area contributed by atoms with Crippen molar-refractivity contribution in [1.82, 2.24) is 19.7 Å². The predicted molar refractivity (Wildman–Crippen MR) is 70.6 cm³/mol. The first-order valence-corrected chi connectivity index (χ1v) is 6.60. The Hall–Kier alpha value is -1.78. The third kappa shape index (κ3) is 2.39. The molecular formula is C13H19N5. The molecule has 0 spiro atoms. The van der Waals surface area contributed by atoms with Crippen LogP contribution < -0.4 is 5.32 Å². The summed E-state index contributed by atoms with van der Waals surface area (Å²) in [5.74, 6) is 1.02. The minimum Gasteiger partial charge on any atom is -0.356 e. The fraction of sp³-hybridized carbons (Fsp3) is 0.538. The van der Waals surface area contributed by atoms with E-state index in [1.54, 1.807) is 0 Å². The molecule has 0 bridgehead atoms. The van der Waals surface area contributed by atoms with E-state index in [1.165, 1.54) is 24.1 Å². The van der Waals surface area contributed by atoms with Crippen molar-refractivity contribution in [3.05, 3.63) is 29.8 Å². The van der Waals surface area contributed by atoms with Gasteiger partial charge in [0.25, 0.3) is 0 Å². The lowest BCUT2D eigenvalue weighted by molar-refractivity contribution is 0.736. The van der Waals surface area contributed by atoms with Crippen LogP contribution in [0.3, 0.4) is 0 Å². The summed E-state index contributed by atoms with van der Waals surface area (Å²) in [4.78, 5) is 4.36. The normalized spacial score (nSPS) is 14.9. The molecule has 1 aliphatic rings. The molecule has 96 valence electrons. The van der Waals surface area contributed by atoms with Crippen LogP contribution in [-0.2, 0) is 6.42 Å². The van der Waals surface area contributed by atoms with Crippen molar-refractivity contribution in [3.8, 4) is 0 Å². The van der Waals surface area contributed by atoms with Crippen molar-refractivity contribution >= 4 is 5.95 Å². The van der Waals surface area contributed by atoms with Crippen LogP contribution >= 0.6 is 0 Å². The number of aryl methyl sites for hydroxylation is 2. The maximum absolute atomic E-state index is 4.36. The van der Waals surface area contributed by atoms with Crippen molar-refractivity contribution in [2.24, 2.45) is 0 Å². The van der Waals surface area contributed by atoms with Gasteiger partial charge in [0.1, 0.15) is 0 Å². The van der Waals surface area contributed by atoms with E-state index in [9.17, 15) is 0 Å². The van der Waals surface area contributed by atoms with Gasteiger partial charge in [0.15, 0.2) is 0 Å². The quantitative estimate of drug-likeness (QED) is 0.768. The summed E-state index contributed by atoms with van der Waals surface area (Å²) in [5.41, 5.74) is 2.48. The van der Waals surface area contributed by atoms with Gasteiger partial charge in [-0.1, -0.05) is 0 Å². The molecule has 1 aliphatic carbocycles. The number of hydrogen-bond acceptors (Lipinski definition) is 3. The van der Waals surface area contributed by atoms with E-state index in [1.807, 2.05) is 12.4 Å². The summed E-state index contributed by atoms with van der Waals surface area (Å²) in [5, 5.41) is 10.4. The zero-order valence-electron chi connectivity index (χ0n) is 10.7. The van der Waals surface area contributed by atoms with E-state index >= 15 is 0 Å². The Kier molecular flexibility index (Phi) is 3.04. The highest BCUT2D eigenvalue weighted by Crippen LogP contribution is 2.36. The van der Waals surface area contributed by atoms with Gasteiger partial charge in [-0.3, -0.25) is 5.10 Å². The molecule has 2 heterocycles. The van der Waals surface area contributed by atoms with Crippen LogP contribution in [0.25, 0.3) is 0 Å². The molecule has 1 saturated carbocycles. The van der Waals surface area contributed by atoms with Crippen molar-refractivity contribution in [2.75, 3.05) is 11.9 Å². The molecule has 18 heavy (non-hydrogen) atoms. The zero-order chi connectivity index (χ0) is 12.4. The first kappa shape index (κ1) is 11.3. The minimum absolute atomic E-state index is 0.686. The van der Waals surface area contributed by atoms with Crippen molar-refractivity contribution in [1.29, 1.82) is 0 Å². The highest BCUT2D eigenvalue weighted by Gasteiger charge is 2.25. The van der Waals surface area contributed by atoms with E-state index in [2.05, 4.69) is 38.2 Å². The van der Waals surface area contributed by atoms with Gasteiger partial charge in [-0.05, 0) is 38.2 Å². The smallest absolute Gasteiger partial charge is 0.203 e. The second-order valence-electron chi connectivity index (χ2n) is 4.94. The summed E-state index contributed by atoms with van der Waals surface area (Å²) in [6, 6.07) is 0.686. The first-order valence-electron chi connectivity index (χ1n) is 6.60. The summed E-state index contributed by atoms with van der Waals surface area (Å²) < 4.78 is 2.25. The third-order valence-electron chi connectivity index (χ3n) is 3.45. The fourth-order valence-electron chi connectivity index (χ4n) is 2.20. The number of H-pyrrole nitrogens is 1. The Morgan fingerprint density at radius 1 is 1.50 bits per heavy atom. The Balaban J connectivity index is 1.47. The number of nitrogens with one attached hydrogen (secondary N) is 2. The van der Waals surface area contributed by atoms with Crippen LogP contribution in [0.5, 0.6) is 0 Å². The van der Waals surface area contributed by atoms with Crippen molar-refractivity contribution < 1.29 is 0 Å². The molecule has 1 fully saturated rings. The van der Waals surface area contributed by atoms with Gasteiger partial charge < -0.3 is 9.88 Å². The predicted octanol–water partition coefficient (Wildman–Crippen LogP) is 2.29. The number of hydrogen-bond donors (Lipinski definition) is 2. The molecule has 0 radical (unpaired) electrons. The standard InChI is InChI=1S/C13H19N5/c1-10-11(9-16-17-10)3-2-6-14-13-15-7-8-18(13)12-4-5-12/h7-9,12H,2-6H2,1H3,(H,14,15)(H,16,17). The van der Waals surface area contributed by atoms with E-state index < -0.39 is 0 Å². The lowest BCUT2D eigenvalue weighted by Gasteiger charge is -2.08. The second kappa shape index (κ2) is 4.84. The van der Waals surface area contributed by atoms with Crippen LogP contribution in [0.15, 0.2) is 18.6 Å². The van der Waals surface area contributed by atoms with Gasteiger partial charge >= 0.3 is 0 Å².